The van der Waals surface area contributed by atoms with Gasteiger partial charge in [0, 0.05) is 22.4 Å². The van der Waals surface area contributed by atoms with E-state index in [1.165, 1.54) is 5.34 Å². The standard InChI is InChI=1S/HNO2.H4Si.Ta/c2-1-3;;/h(H,2,3);1H4;. The molecular weight excluding hydrogens is 255 g/mol. The van der Waals surface area contributed by atoms with Crippen molar-refractivity contribution in [2.75, 3.05) is 0 Å². The third-order valence-corrected chi connectivity index (χ3v) is 0. The van der Waals surface area contributed by atoms with Crippen LogP contribution in [0.15, 0.2) is 5.34 Å². The number of hydrogen-bond acceptors (Lipinski definition) is 2. The van der Waals surface area contributed by atoms with E-state index in [-0.39, 0.29) is 33.3 Å². The van der Waals surface area contributed by atoms with Crippen LogP contribution < -0.4 is 0 Å². The molecule has 31 valence electrons. The zero-order valence-electron chi connectivity index (χ0n) is 1.75. The molecule has 0 aliphatic heterocycles. The molecule has 0 saturated heterocycles. The van der Waals surface area contributed by atoms with Crippen molar-refractivity contribution >= 4 is 11.0 Å². The molecule has 0 bridgehead atoms. The van der Waals surface area contributed by atoms with Gasteiger partial charge in [-0.3, -0.25) is 0 Å². The van der Waals surface area contributed by atoms with E-state index < -0.39 is 0 Å². The molecule has 5 heavy (non-hydrogen) atoms. The topological polar surface area (TPSA) is 49.7 Å². The Morgan fingerprint density at radius 1 is 1.60 bits per heavy atom. The third kappa shape index (κ3) is 190. The minimum Gasteiger partial charge on any atom is -0.379 e. The van der Waals surface area contributed by atoms with Crippen molar-refractivity contribution in [3.63, 3.8) is 0 Å². The smallest absolute Gasteiger partial charge is 0.152 e. The van der Waals surface area contributed by atoms with Gasteiger partial charge in [-0.25, -0.2) is 0 Å². The minimum atomic E-state index is 0. The Hall–Kier alpha value is 0.357. The van der Waals surface area contributed by atoms with Gasteiger partial charge in [0.1, 0.15) is 0 Å². The third-order valence-electron chi connectivity index (χ3n) is 0. The van der Waals surface area contributed by atoms with Gasteiger partial charge in [-0.2, -0.15) is 0 Å². The van der Waals surface area contributed by atoms with Gasteiger partial charge in [0.15, 0.2) is 5.34 Å². The van der Waals surface area contributed by atoms with Crippen LogP contribution in [-0.4, -0.2) is 16.2 Å². The van der Waals surface area contributed by atoms with E-state index in [2.05, 4.69) is 0 Å². The summed E-state index contributed by atoms with van der Waals surface area (Å²) in [5.74, 6) is 0. The Labute approximate surface area is 49.2 Å². The molecule has 0 spiro atoms. The van der Waals surface area contributed by atoms with Gasteiger partial charge in [0.05, 0.1) is 0 Å². The Bertz CT molecular complexity index is 17.1. The molecule has 0 rings (SSSR count). The van der Waals surface area contributed by atoms with Gasteiger partial charge in [0.25, 0.3) is 0 Å². The Balaban J connectivity index is -0.0000000200. The van der Waals surface area contributed by atoms with E-state index in [0.29, 0.717) is 0 Å². The molecule has 5 heteroatoms. The molecule has 0 aromatic heterocycles. The maximum absolute atomic E-state index is 8.11. The summed E-state index contributed by atoms with van der Waals surface area (Å²) >= 11 is 0. The fourth-order valence-electron chi connectivity index (χ4n) is 0. The molecule has 0 fully saturated rings. The summed E-state index contributed by atoms with van der Waals surface area (Å²) in [6, 6.07) is 0. The molecule has 1 radical (unpaired) electrons. The summed E-state index contributed by atoms with van der Waals surface area (Å²) in [6.45, 7) is 0. The second kappa shape index (κ2) is 26.7. The zero-order chi connectivity index (χ0) is 2.71. The first-order chi connectivity index (χ1) is 1.41. The average Bonchev–Trinajstić information content (AvgIpc) is 0.918. The Morgan fingerprint density at radius 2 is 1.60 bits per heavy atom. The van der Waals surface area contributed by atoms with Crippen molar-refractivity contribution in [1.82, 2.24) is 0 Å². The van der Waals surface area contributed by atoms with Crippen LogP contribution in [0.2, 0.25) is 0 Å². The molecule has 0 unspecified atom stereocenters. The van der Waals surface area contributed by atoms with Crippen molar-refractivity contribution in [2.45, 2.75) is 0 Å². The Kier molecular flexibility index (Phi) is 97.6. The van der Waals surface area contributed by atoms with Crippen LogP contribution in [0.5, 0.6) is 0 Å². The van der Waals surface area contributed by atoms with E-state index in [1.54, 1.807) is 0 Å². The summed E-state index contributed by atoms with van der Waals surface area (Å²) in [5.41, 5.74) is 0. The quantitative estimate of drug-likeness (QED) is 0.334. The van der Waals surface area contributed by atoms with Crippen LogP contribution in [0.4, 0.5) is 0 Å². The molecule has 0 aliphatic carbocycles. The van der Waals surface area contributed by atoms with Gasteiger partial charge in [-0.15, -0.1) is 4.91 Å². The SMILES string of the molecule is O=NO.[SiH4].[Ta]. The van der Waals surface area contributed by atoms with Crippen molar-refractivity contribution in [3.05, 3.63) is 4.91 Å². The summed E-state index contributed by atoms with van der Waals surface area (Å²) in [7, 11) is 0. The summed E-state index contributed by atoms with van der Waals surface area (Å²) in [4.78, 5) is 8.11. The van der Waals surface area contributed by atoms with Crippen LogP contribution in [0.25, 0.3) is 0 Å². The first kappa shape index (κ1) is 18.3. The molecule has 0 aliphatic rings. The molecular formula is H5NO2SiTa. The van der Waals surface area contributed by atoms with Crippen LogP contribution in [0.3, 0.4) is 0 Å². The maximum Gasteiger partial charge on any atom is 0.152 e. The van der Waals surface area contributed by atoms with Gasteiger partial charge >= 0.3 is 0 Å². The van der Waals surface area contributed by atoms with E-state index in [4.69, 9.17) is 10.1 Å². The molecule has 1 N–H and O–H groups in total. The molecule has 0 atom stereocenters. The normalized spacial score (nSPS) is 2.40. The fraction of sp³-hybridized carbons (Fsp3) is 0. The van der Waals surface area contributed by atoms with E-state index in [0.717, 1.165) is 0 Å². The predicted molar refractivity (Wildman–Crippen MR) is 18.9 cm³/mol. The number of nitrogens with zero attached hydrogens (tertiary/aromatic N) is 1. The van der Waals surface area contributed by atoms with Crippen molar-refractivity contribution in [1.29, 1.82) is 0 Å². The van der Waals surface area contributed by atoms with Crippen molar-refractivity contribution < 1.29 is 27.6 Å². The largest absolute Gasteiger partial charge is 0.379 e. The van der Waals surface area contributed by atoms with Gasteiger partial charge in [-0.1, -0.05) is 0 Å². The maximum atomic E-state index is 8.11. The van der Waals surface area contributed by atoms with E-state index >= 15 is 0 Å². The molecule has 3 nitrogen and oxygen atoms in total. The summed E-state index contributed by atoms with van der Waals surface area (Å²) in [6.07, 6.45) is 0. The zero-order valence-corrected chi connectivity index (χ0v) is 4.96. The van der Waals surface area contributed by atoms with Gasteiger partial charge in [0.2, 0.25) is 0 Å². The predicted octanol–water partition coefficient (Wildman–Crippen LogP) is -1.31. The Morgan fingerprint density at radius 3 is 1.60 bits per heavy atom. The van der Waals surface area contributed by atoms with Crippen molar-refractivity contribution in [3.8, 4) is 0 Å². The first-order valence-electron chi connectivity index (χ1n) is 0.383. The number of hydrogen-bond donors (Lipinski definition) is 1. The number of rotatable bonds is 0. The molecule has 0 saturated carbocycles. The fourth-order valence-corrected chi connectivity index (χ4v) is 0. The molecule has 0 aromatic carbocycles. The van der Waals surface area contributed by atoms with E-state index in [1.807, 2.05) is 0 Å². The van der Waals surface area contributed by atoms with E-state index in [9.17, 15) is 0 Å². The average molecular weight is 260 g/mol. The monoisotopic (exact) mass is 260 g/mol. The molecule has 0 heterocycles. The van der Waals surface area contributed by atoms with Crippen LogP contribution in [-0.2, 0) is 22.4 Å². The first-order valence-corrected chi connectivity index (χ1v) is 0.383. The second-order valence-electron chi connectivity index (χ2n) is 0.0816. The molecule has 0 aromatic rings. The van der Waals surface area contributed by atoms with Crippen LogP contribution in [0, 0.1) is 4.91 Å². The van der Waals surface area contributed by atoms with Crippen LogP contribution >= 0.6 is 0 Å². The summed E-state index contributed by atoms with van der Waals surface area (Å²) in [5, 5.41) is 7.89. The van der Waals surface area contributed by atoms with Gasteiger partial charge < -0.3 is 5.21 Å². The molecule has 0 amide bonds. The van der Waals surface area contributed by atoms with Crippen molar-refractivity contribution in [2.24, 2.45) is 5.34 Å². The van der Waals surface area contributed by atoms with Gasteiger partial charge in [-0.05, 0) is 11.0 Å². The summed E-state index contributed by atoms with van der Waals surface area (Å²) < 4.78 is 0. The second-order valence-corrected chi connectivity index (χ2v) is 0.0816. The van der Waals surface area contributed by atoms with Crippen LogP contribution in [0.1, 0.15) is 0 Å². The minimum absolute atomic E-state index is 0.